The molecular weight excluding hydrogens is 258 g/mol. The van der Waals surface area contributed by atoms with Gasteiger partial charge in [0, 0.05) is 21.1 Å². The molecule has 0 spiro atoms. The van der Waals surface area contributed by atoms with Gasteiger partial charge >= 0.3 is 5.69 Å². The van der Waals surface area contributed by atoms with Gasteiger partial charge < -0.3 is 9.80 Å². The summed E-state index contributed by atoms with van der Waals surface area (Å²) in [6, 6.07) is 4.62. The zero-order valence-corrected chi connectivity index (χ0v) is 11.1. The Bertz CT molecular complexity index is 477. The first kappa shape index (κ1) is 14.2. The summed E-state index contributed by atoms with van der Waals surface area (Å²) in [5, 5.41) is 11.0. The third kappa shape index (κ3) is 3.10. The van der Waals surface area contributed by atoms with Crippen LogP contribution in [-0.2, 0) is 4.79 Å². The second kappa shape index (κ2) is 5.68. The van der Waals surface area contributed by atoms with E-state index in [0.29, 0.717) is 5.69 Å². The molecule has 0 N–H and O–H groups in total. The average molecular weight is 272 g/mol. The smallest absolute Gasteiger partial charge is 0.310 e. The molecule has 1 amide bonds. The minimum atomic E-state index is -0.547. The molecule has 0 saturated carbocycles. The topological polar surface area (TPSA) is 66.7 Å². The van der Waals surface area contributed by atoms with E-state index in [2.05, 4.69) is 0 Å². The molecule has 0 unspecified atom stereocenters. The van der Waals surface area contributed by atoms with Gasteiger partial charge in [0.25, 0.3) is 0 Å². The molecule has 0 fully saturated rings. The van der Waals surface area contributed by atoms with Crippen LogP contribution in [0.15, 0.2) is 18.2 Å². The summed E-state index contributed by atoms with van der Waals surface area (Å²) in [5.74, 6) is -0.147. The van der Waals surface area contributed by atoms with E-state index in [1.165, 1.54) is 15.9 Å². The molecular formula is C11H14ClN3O3. The van der Waals surface area contributed by atoms with Crippen LogP contribution in [-0.4, -0.2) is 43.4 Å². The zero-order chi connectivity index (χ0) is 13.9. The van der Waals surface area contributed by atoms with Crippen molar-refractivity contribution in [3.05, 3.63) is 33.3 Å². The molecule has 0 saturated heterocycles. The number of benzene rings is 1. The fraction of sp³-hybridized carbons (Fsp3) is 0.364. The molecule has 1 aromatic rings. The lowest BCUT2D eigenvalue weighted by atomic mass is 10.2. The number of nitrogens with zero attached hydrogens (tertiary/aromatic N) is 3. The van der Waals surface area contributed by atoms with Gasteiger partial charge in [0.05, 0.1) is 11.5 Å². The lowest BCUT2D eigenvalue weighted by Gasteiger charge is -2.21. The van der Waals surface area contributed by atoms with Gasteiger partial charge in [-0.15, -0.1) is 0 Å². The Labute approximate surface area is 110 Å². The van der Waals surface area contributed by atoms with E-state index < -0.39 is 4.92 Å². The lowest BCUT2D eigenvalue weighted by molar-refractivity contribution is -0.384. The maximum atomic E-state index is 11.6. The third-order valence-electron chi connectivity index (χ3n) is 2.43. The van der Waals surface area contributed by atoms with Crippen LogP contribution in [0.25, 0.3) is 0 Å². The highest BCUT2D eigenvalue weighted by Gasteiger charge is 2.22. The summed E-state index contributed by atoms with van der Waals surface area (Å²) < 4.78 is 0. The Kier molecular flexibility index (Phi) is 4.49. The molecule has 0 aliphatic heterocycles. The van der Waals surface area contributed by atoms with Crippen molar-refractivity contribution in [3.8, 4) is 0 Å². The highest BCUT2D eigenvalue weighted by molar-refractivity contribution is 6.33. The van der Waals surface area contributed by atoms with E-state index in [4.69, 9.17) is 11.6 Å². The molecule has 1 rings (SSSR count). The number of hydrogen-bond donors (Lipinski definition) is 0. The maximum Gasteiger partial charge on any atom is 0.310 e. The van der Waals surface area contributed by atoms with E-state index >= 15 is 0 Å². The molecule has 0 bridgehead atoms. The second-order valence-corrected chi connectivity index (χ2v) is 4.42. The van der Waals surface area contributed by atoms with Gasteiger partial charge in [0.15, 0.2) is 0 Å². The normalized spacial score (nSPS) is 10.0. The van der Waals surface area contributed by atoms with Crippen LogP contribution in [0.5, 0.6) is 0 Å². The van der Waals surface area contributed by atoms with E-state index in [1.54, 1.807) is 33.3 Å². The van der Waals surface area contributed by atoms with Crippen LogP contribution >= 0.6 is 11.6 Å². The fourth-order valence-corrected chi connectivity index (χ4v) is 1.66. The predicted octanol–water partition coefficient (Wildman–Crippen LogP) is 1.77. The number of amides is 1. The minimum absolute atomic E-state index is 0.0498. The molecule has 18 heavy (non-hydrogen) atoms. The Morgan fingerprint density at radius 2 is 2.00 bits per heavy atom. The molecule has 0 radical (unpaired) electrons. The molecule has 6 nitrogen and oxygen atoms in total. The van der Waals surface area contributed by atoms with Crippen molar-refractivity contribution >= 4 is 28.9 Å². The SMILES string of the molecule is CN(C)C(=O)CN(C)c1cccc(Cl)c1[N+](=O)[O-]. The Morgan fingerprint density at radius 1 is 1.39 bits per heavy atom. The highest BCUT2D eigenvalue weighted by atomic mass is 35.5. The number of rotatable bonds is 4. The van der Waals surface area contributed by atoms with E-state index in [9.17, 15) is 14.9 Å². The third-order valence-corrected chi connectivity index (χ3v) is 2.74. The number of para-hydroxylation sites is 1. The Hall–Kier alpha value is -1.82. The maximum absolute atomic E-state index is 11.6. The zero-order valence-electron chi connectivity index (χ0n) is 10.4. The van der Waals surface area contributed by atoms with Crippen molar-refractivity contribution in [2.75, 3.05) is 32.6 Å². The van der Waals surface area contributed by atoms with E-state index in [-0.39, 0.29) is 23.2 Å². The van der Waals surface area contributed by atoms with Gasteiger partial charge in [-0.2, -0.15) is 0 Å². The molecule has 98 valence electrons. The largest absolute Gasteiger partial charge is 0.360 e. The molecule has 1 aromatic carbocycles. The Balaban J connectivity index is 3.06. The quantitative estimate of drug-likeness (QED) is 0.618. The van der Waals surface area contributed by atoms with Crippen molar-refractivity contribution in [2.45, 2.75) is 0 Å². The van der Waals surface area contributed by atoms with Crippen LogP contribution in [0.4, 0.5) is 11.4 Å². The van der Waals surface area contributed by atoms with Gasteiger partial charge in [-0.05, 0) is 12.1 Å². The number of hydrogen-bond acceptors (Lipinski definition) is 4. The number of likely N-dealkylation sites (N-methyl/N-ethyl adjacent to an activating group) is 2. The highest BCUT2D eigenvalue weighted by Crippen LogP contribution is 2.34. The monoisotopic (exact) mass is 271 g/mol. The Morgan fingerprint density at radius 3 is 2.50 bits per heavy atom. The minimum Gasteiger partial charge on any atom is -0.360 e. The van der Waals surface area contributed by atoms with Gasteiger partial charge in [-0.3, -0.25) is 14.9 Å². The standard InChI is InChI=1S/C11H14ClN3O3/c1-13(2)10(16)7-14(3)9-6-4-5-8(12)11(9)15(17)18/h4-6H,7H2,1-3H3. The van der Waals surface area contributed by atoms with Crippen LogP contribution in [0.3, 0.4) is 0 Å². The van der Waals surface area contributed by atoms with Gasteiger partial charge in [-0.1, -0.05) is 17.7 Å². The number of nitro groups is 1. The summed E-state index contributed by atoms with van der Waals surface area (Å²) in [6.07, 6.45) is 0. The number of carbonyl (C=O) groups excluding carboxylic acids is 1. The summed E-state index contributed by atoms with van der Waals surface area (Å²) in [6.45, 7) is 0.0498. The predicted molar refractivity (Wildman–Crippen MR) is 70.1 cm³/mol. The van der Waals surface area contributed by atoms with Crippen LogP contribution in [0.2, 0.25) is 5.02 Å². The lowest BCUT2D eigenvalue weighted by Crippen LogP contribution is -2.34. The van der Waals surface area contributed by atoms with Crippen molar-refractivity contribution in [3.63, 3.8) is 0 Å². The molecule has 0 aromatic heterocycles. The summed E-state index contributed by atoms with van der Waals surface area (Å²) >= 11 is 5.80. The average Bonchev–Trinajstić information content (AvgIpc) is 2.27. The van der Waals surface area contributed by atoms with E-state index in [0.717, 1.165) is 0 Å². The molecule has 0 atom stereocenters. The number of anilines is 1. The summed E-state index contributed by atoms with van der Waals surface area (Å²) in [4.78, 5) is 24.9. The number of nitro benzene ring substituents is 1. The van der Waals surface area contributed by atoms with Crippen molar-refractivity contribution in [2.24, 2.45) is 0 Å². The molecule has 0 heterocycles. The summed E-state index contributed by atoms with van der Waals surface area (Å²) in [5.41, 5.74) is 0.135. The number of halogens is 1. The molecule has 7 heteroatoms. The van der Waals surface area contributed by atoms with Gasteiger partial charge in [0.2, 0.25) is 5.91 Å². The van der Waals surface area contributed by atoms with Crippen LogP contribution in [0, 0.1) is 10.1 Å². The fourth-order valence-electron chi connectivity index (χ4n) is 1.42. The van der Waals surface area contributed by atoms with Crippen molar-refractivity contribution < 1.29 is 9.72 Å². The number of carbonyl (C=O) groups is 1. The summed E-state index contributed by atoms with van der Waals surface area (Å²) in [7, 11) is 4.87. The van der Waals surface area contributed by atoms with Gasteiger partial charge in [-0.25, -0.2) is 0 Å². The van der Waals surface area contributed by atoms with Gasteiger partial charge in [0.1, 0.15) is 10.7 Å². The van der Waals surface area contributed by atoms with Crippen molar-refractivity contribution in [1.29, 1.82) is 0 Å². The van der Waals surface area contributed by atoms with E-state index in [1.807, 2.05) is 0 Å². The second-order valence-electron chi connectivity index (χ2n) is 4.01. The molecule has 0 aliphatic rings. The first-order chi connectivity index (χ1) is 8.34. The van der Waals surface area contributed by atoms with Crippen LogP contribution < -0.4 is 4.90 Å². The van der Waals surface area contributed by atoms with Crippen LogP contribution in [0.1, 0.15) is 0 Å². The molecule has 0 aliphatic carbocycles. The first-order valence-electron chi connectivity index (χ1n) is 5.18. The van der Waals surface area contributed by atoms with Crippen molar-refractivity contribution in [1.82, 2.24) is 4.90 Å². The first-order valence-corrected chi connectivity index (χ1v) is 5.56.